The van der Waals surface area contributed by atoms with Gasteiger partial charge in [-0.15, -0.1) is 0 Å². The van der Waals surface area contributed by atoms with Gasteiger partial charge in [-0.05, 0) is 92.3 Å². The fourth-order valence-corrected chi connectivity index (χ4v) is 9.24. The molecule has 17 heteroatoms. The molecule has 1 aliphatic carbocycles. The highest BCUT2D eigenvalue weighted by Crippen LogP contribution is 2.64. The van der Waals surface area contributed by atoms with Gasteiger partial charge in [0, 0.05) is 28.4 Å². The average molecular weight is 841 g/mol. The summed E-state index contributed by atoms with van der Waals surface area (Å²) in [6, 6.07) is 11.3. The van der Waals surface area contributed by atoms with E-state index in [2.05, 4.69) is 34.8 Å². The molecular weight excluding hydrogens is 788 g/mol. The summed E-state index contributed by atoms with van der Waals surface area (Å²) in [6.07, 6.45) is 4.31. The lowest BCUT2D eigenvalue weighted by molar-refractivity contribution is -0.134. The van der Waals surface area contributed by atoms with Crippen LogP contribution >= 0.6 is 23.2 Å². The standard InChI is InChI=1S/C30H34Cl2FN5O4.C7H8O3S.2CH4.H2O/c1-28(2)8-10-29(11-9-28)30(18-5-3-15(31)13-19(18)37-27(30)41)21(17-7-12-35-24(32)22(17)33)23(38-29)26(40)36-16-4-6-20(25(34)39)42-14-16;1-6-2-4-7(5-3-6)11(8,9)10;;;/h3,5,7,12-13,16,20-21,23,38H,4,6,8-11,14H2,1-2H3,(H2,34,39)(H,36,40)(H,37,41);2-5H,1H3,(H,8,9,10);2*1H4;1H2/t16-,20+,21+,23-,30-;;;;/m1..../s1. The number of nitrogens with two attached hydrogens (primary N) is 1. The zero-order chi connectivity index (χ0) is 38.5. The number of amides is 3. The van der Waals surface area contributed by atoms with Gasteiger partial charge in [0.1, 0.15) is 11.5 Å². The van der Waals surface area contributed by atoms with Gasteiger partial charge in [0.15, 0.2) is 11.0 Å². The number of hydrogen-bond acceptors (Lipinski definition) is 8. The van der Waals surface area contributed by atoms with Crippen molar-refractivity contribution < 1.29 is 42.0 Å². The molecule has 1 aromatic heterocycles. The number of carbonyl (C=O) groups is 3. The zero-order valence-corrected chi connectivity index (χ0v) is 32.2. The maximum atomic E-state index is 16.0. The molecule has 2 saturated heterocycles. The first-order chi connectivity index (χ1) is 24.9. The van der Waals surface area contributed by atoms with Crippen LogP contribution in [0.2, 0.25) is 10.2 Å². The second-order valence-corrected chi connectivity index (χ2v) is 17.3. The Labute approximate surface area is 337 Å². The number of anilines is 1. The largest absolute Gasteiger partial charge is 0.412 e. The number of nitrogens with zero attached hydrogens (tertiary/aromatic N) is 1. The summed E-state index contributed by atoms with van der Waals surface area (Å²) in [7, 11) is -4.02. The monoisotopic (exact) mass is 839 g/mol. The molecule has 5 atom stereocenters. The van der Waals surface area contributed by atoms with Crippen LogP contribution in [-0.2, 0) is 34.7 Å². The Morgan fingerprint density at radius 3 is 2.25 bits per heavy atom. The third-order valence-electron chi connectivity index (χ3n) is 11.2. The molecule has 2 spiro atoms. The summed E-state index contributed by atoms with van der Waals surface area (Å²) in [6.45, 7) is 6.33. The molecule has 13 nitrogen and oxygen atoms in total. The molecule has 3 amide bonds. The number of aryl methyl sites for hydroxylation is 1. The maximum Gasteiger partial charge on any atom is 0.294 e. The van der Waals surface area contributed by atoms with Gasteiger partial charge in [-0.25, -0.2) is 9.37 Å². The summed E-state index contributed by atoms with van der Waals surface area (Å²) in [5.74, 6) is -2.99. The molecule has 8 N–H and O–H groups in total. The lowest BCUT2D eigenvalue weighted by Gasteiger charge is -2.50. The van der Waals surface area contributed by atoms with Crippen molar-refractivity contribution in [3.63, 3.8) is 0 Å². The van der Waals surface area contributed by atoms with E-state index in [1.807, 2.05) is 13.0 Å². The minimum atomic E-state index is -4.02. The van der Waals surface area contributed by atoms with Crippen LogP contribution in [0.25, 0.3) is 0 Å². The molecule has 0 unspecified atom stereocenters. The molecule has 3 fully saturated rings. The molecule has 2 aromatic carbocycles. The van der Waals surface area contributed by atoms with Crippen molar-refractivity contribution >= 4 is 56.7 Å². The first kappa shape index (κ1) is 46.7. The Morgan fingerprint density at radius 1 is 1.04 bits per heavy atom. The molecule has 4 heterocycles. The van der Waals surface area contributed by atoms with E-state index in [1.54, 1.807) is 24.3 Å². The highest BCUT2D eigenvalue weighted by atomic mass is 35.5. The Hall–Kier alpha value is -3.70. The van der Waals surface area contributed by atoms with Crippen LogP contribution in [0.4, 0.5) is 10.1 Å². The Kier molecular flexibility index (Phi) is 14.5. The zero-order valence-electron chi connectivity index (χ0n) is 29.9. The molecule has 0 bridgehead atoms. The maximum absolute atomic E-state index is 16.0. The minimum Gasteiger partial charge on any atom is -0.412 e. The van der Waals surface area contributed by atoms with Crippen molar-refractivity contribution in [2.45, 2.75) is 114 Å². The fourth-order valence-electron chi connectivity index (χ4n) is 8.42. The lowest BCUT2D eigenvalue weighted by Crippen LogP contribution is -2.61. The molecule has 1 saturated carbocycles. The first-order valence-corrected chi connectivity index (χ1v) is 19.5. The predicted octanol–water partition coefficient (Wildman–Crippen LogP) is 5.65. The number of benzene rings is 2. The van der Waals surface area contributed by atoms with Crippen molar-refractivity contribution in [1.29, 1.82) is 0 Å². The van der Waals surface area contributed by atoms with Crippen molar-refractivity contribution in [3.05, 3.63) is 87.4 Å². The van der Waals surface area contributed by atoms with Crippen LogP contribution in [0.3, 0.4) is 0 Å². The molecule has 0 radical (unpaired) electrons. The van der Waals surface area contributed by atoms with E-state index in [0.29, 0.717) is 42.0 Å². The third-order valence-corrected chi connectivity index (χ3v) is 12.6. The van der Waals surface area contributed by atoms with E-state index in [1.165, 1.54) is 24.4 Å². The van der Waals surface area contributed by atoms with Crippen LogP contribution in [0, 0.1) is 18.2 Å². The van der Waals surface area contributed by atoms with Crippen LogP contribution in [-0.4, -0.2) is 71.5 Å². The number of hydrogen-bond donors (Lipinski definition) is 5. The highest BCUT2D eigenvalue weighted by Gasteiger charge is 2.73. The van der Waals surface area contributed by atoms with Gasteiger partial charge in [-0.1, -0.05) is 75.7 Å². The van der Waals surface area contributed by atoms with E-state index in [9.17, 15) is 22.8 Å². The predicted molar refractivity (Wildman–Crippen MR) is 214 cm³/mol. The van der Waals surface area contributed by atoms with E-state index in [4.69, 9.17) is 38.2 Å². The van der Waals surface area contributed by atoms with Crippen LogP contribution in [0.15, 0.2) is 59.6 Å². The topological polar surface area (TPSA) is 221 Å². The lowest BCUT2D eigenvalue weighted by atomic mass is 9.53. The second kappa shape index (κ2) is 17.4. The van der Waals surface area contributed by atoms with Crippen LogP contribution < -0.4 is 21.7 Å². The summed E-state index contributed by atoms with van der Waals surface area (Å²) in [5, 5.41) is 9.81. The van der Waals surface area contributed by atoms with Gasteiger partial charge in [0.05, 0.1) is 23.6 Å². The molecule has 308 valence electrons. The average Bonchev–Trinajstić information content (AvgIpc) is 3.55. The number of ether oxygens (including phenoxy) is 1. The van der Waals surface area contributed by atoms with E-state index in [-0.39, 0.29) is 59.9 Å². The van der Waals surface area contributed by atoms with Gasteiger partial charge in [0.2, 0.25) is 17.7 Å². The summed E-state index contributed by atoms with van der Waals surface area (Å²) >= 11 is 12.5. The van der Waals surface area contributed by atoms with Crippen molar-refractivity contribution in [3.8, 4) is 0 Å². The fraction of sp³-hybridized carbons (Fsp3) is 0.487. The van der Waals surface area contributed by atoms with E-state index in [0.717, 1.165) is 18.4 Å². The molecule has 7 rings (SSSR count). The Morgan fingerprint density at radius 2 is 1.68 bits per heavy atom. The van der Waals surface area contributed by atoms with Gasteiger partial charge >= 0.3 is 0 Å². The number of primary amides is 1. The number of halogens is 3. The van der Waals surface area contributed by atoms with Gasteiger partial charge < -0.3 is 26.6 Å². The summed E-state index contributed by atoms with van der Waals surface area (Å²) < 4.78 is 51.1. The first-order valence-electron chi connectivity index (χ1n) is 17.3. The molecule has 56 heavy (non-hydrogen) atoms. The molecule has 3 aliphatic heterocycles. The van der Waals surface area contributed by atoms with Crippen molar-refractivity contribution in [2.24, 2.45) is 11.1 Å². The second-order valence-electron chi connectivity index (χ2n) is 15.1. The third kappa shape index (κ3) is 8.59. The highest BCUT2D eigenvalue weighted by molar-refractivity contribution is 7.85. The number of aromatic nitrogens is 1. The van der Waals surface area contributed by atoms with Gasteiger partial charge in [-0.2, -0.15) is 8.42 Å². The van der Waals surface area contributed by atoms with Crippen LogP contribution in [0.1, 0.15) is 89.8 Å². The van der Waals surface area contributed by atoms with Crippen molar-refractivity contribution in [1.82, 2.24) is 15.6 Å². The molecule has 3 aromatic rings. The number of rotatable bonds is 5. The Bertz CT molecular complexity index is 2040. The number of nitrogens with one attached hydrogen (secondary N) is 3. The molecular formula is C39H52Cl2FN5O8S. The van der Waals surface area contributed by atoms with E-state index < -0.39 is 56.8 Å². The minimum absolute atomic E-state index is 0. The number of fused-ring (bicyclic) bond motifs is 3. The smallest absolute Gasteiger partial charge is 0.294 e. The van der Waals surface area contributed by atoms with Gasteiger partial charge in [0.25, 0.3) is 10.1 Å². The van der Waals surface area contributed by atoms with E-state index >= 15 is 4.39 Å². The van der Waals surface area contributed by atoms with Crippen LogP contribution in [0.5, 0.6) is 0 Å². The summed E-state index contributed by atoms with van der Waals surface area (Å²) in [4.78, 5) is 44.1. The number of pyridine rings is 1. The number of carbonyl (C=O) groups excluding carboxylic acids is 3. The normalized spacial score (nSPS) is 25.6. The Balaban J connectivity index is 0.000000522. The quantitative estimate of drug-likeness (QED) is 0.158. The van der Waals surface area contributed by atoms with Crippen molar-refractivity contribution in [2.75, 3.05) is 11.9 Å². The van der Waals surface area contributed by atoms with Gasteiger partial charge in [-0.3, -0.25) is 24.3 Å². The molecule has 4 aliphatic rings. The summed E-state index contributed by atoms with van der Waals surface area (Å²) in [5.41, 5.74) is 5.50. The SMILES string of the molecule is C.C.CC1(C)CCC2(CC1)N[C@@H](C(=O)N[C@@H]1CC[C@@H](C(N)=O)OC1)[C@H](c1ccnc(Cl)c1F)[C@]21C(=O)Nc2cc(Cl)ccc21.Cc1ccc(S(=O)(=O)O)cc1.O.